The average Bonchev–Trinajstić information content (AvgIpc) is 3.25. The summed E-state index contributed by atoms with van der Waals surface area (Å²) in [7, 11) is -2.13. The molecule has 0 fully saturated rings. The van der Waals surface area contributed by atoms with Crippen molar-refractivity contribution in [3.8, 4) is 0 Å². The van der Waals surface area contributed by atoms with E-state index in [9.17, 15) is 31.9 Å². The van der Waals surface area contributed by atoms with Gasteiger partial charge in [0.25, 0.3) is 5.91 Å². The molecule has 0 saturated heterocycles. The molecule has 1 aromatic carbocycles. The summed E-state index contributed by atoms with van der Waals surface area (Å²) in [5.74, 6) is -2.41. The highest BCUT2D eigenvalue weighted by Gasteiger charge is 2.35. The maximum absolute atomic E-state index is 13.9. The number of carbonyl (C=O) groups excluding carboxylic acids is 2. The number of anilines is 1. The number of amides is 2. The van der Waals surface area contributed by atoms with Crippen LogP contribution < -0.4 is 15.4 Å². The van der Waals surface area contributed by atoms with Crippen molar-refractivity contribution in [1.82, 2.24) is 15.6 Å². The molecular weight excluding hydrogens is 562 g/mol. The van der Waals surface area contributed by atoms with Crippen LogP contribution in [0.4, 0.5) is 13.9 Å². The van der Waals surface area contributed by atoms with Crippen LogP contribution in [0.5, 0.6) is 0 Å². The molecule has 2 aromatic rings. The van der Waals surface area contributed by atoms with Gasteiger partial charge >= 0.3 is 0 Å². The second kappa shape index (κ2) is 14.7. The first kappa shape index (κ1) is 31.9. The average molecular weight is 595 g/mol. The van der Waals surface area contributed by atoms with Gasteiger partial charge in [-0.3, -0.25) is 14.3 Å². The third-order valence-corrected chi connectivity index (χ3v) is 7.66. The van der Waals surface area contributed by atoms with Crippen molar-refractivity contribution in [3.05, 3.63) is 46.5 Å². The lowest BCUT2D eigenvalue weighted by Crippen LogP contribution is -2.53. The summed E-state index contributed by atoms with van der Waals surface area (Å²) in [5.41, 5.74) is 0.00408. The van der Waals surface area contributed by atoms with Crippen LogP contribution in [0.25, 0.3) is 0 Å². The Morgan fingerprint density at radius 3 is 2.45 bits per heavy atom. The number of hydrogen-bond acceptors (Lipinski definition) is 9. The van der Waals surface area contributed by atoms with Crippen molar-refractivity contribution < 1.29 is 36.6 Å². The van der Waals surface area contributed by atoms with Gasteiger partial charge in [0, 0.05) is 30.9 Å². The zero-order valence-electron chi connectivity index (χ0n) is 21.4. The highest BCUT2D eigenvalue weighted by molar-refractivity contribution is 8.00. The summed E-state index contributed by atoms with van der Waals surface area (Å²) in [6.45, 7) is 4.47. The number of hydrogen-bond donors (Lipinski definition) is 4. The van der Waals surface area contributed by atoms with Gasteiger partial charge in [-0.25, -0.2) is 22.2 Å². The van der Waals surface area contributed by atoms with Gasteiger partial charge < -0.3 is 20.5 Å². The lowest BCUT2D eigenvalue weighted by atomic mass is 9.98. The number of thiazole rings is 1. The molecule has 2 rings (SSSR count). The first-order chi connectivity index (χ1) is 17.8. The molecule has 0 aliphatic rings. The molecule has 1 aromatic heterocycles. The highest BCUT2D eigenvalue weighted by atomic mass is 32.2. The van der Waals surface area contributed by atoms with Gasteiger partial charge in [0.15, 0.2) is 5.13 Å². The number of nitrogens with zero attached hydrogens (tertiary/aromatic N) is 1. The molecule has 0 saturated carbocycles. The van der Waals surface area contributed by atoms with E-state index in [2.05, 4.69) is 20.3 Å². The fourth-order valence-corrected chi connectivity index (χ4v) is 5.95. The summed E-state index contributed by atoms with van der Waals surface area (Å²) in [6, 6.07) is 1.67. The second-order valence-electron chi connectivity index (χ2n) is 8.89. The predicted octanol–water partition coefficient (Wildman–Crippen LogP) is 2.02. The number of methoxy groups -OCH3 is 1. The molecule has 15 heteroatoms. The van der Waals surface area contributed by atoms with Gasteiger partial charge in [0.05, 0.1) is 25.0 Å². The van der Waals surface area contributed by atoms with Crippen LogP contribution in [0.2, 0.25) is 0 Å². The van der Waals surface area contributed by atoms with Crippen molar-refractivity contribution in [3.63, 3.8) is 0 Å². The molecule has 3 atom stereocenters. The summed E-state index contributed by atoms with van der Waals surface area (Å²) in [5, 5.41) is 16.9. The van der Waals surface area contributed by atoms with Crippen LogP contribution in [0.1, 0.15) is 29.9 Å². The van der Waals surface area contributed by atoms with Crippen molar-refractivity contribution in [1.29, 1.82) is 0 Å². The maximum atomic E-state index is 13.9. The minimum Gasteiger partial charge on any atom is -0.389 e. The molecule has 0 aliphatic carbocycles. The van der Waals surface area contributed by atoms with Crippen LogP contribution in [0.3, 0.4) is 0 Å². The van der Waals surface area contributed by atoms with Gasteiger partial charge in [-0.2, -0.15) is 0 Å². The van der Waals surface area contributed by atoms with E-state index in [4.69, 9.17) is 4.74 Å². The van der Waals surface area contributed by atoms with E-state index in [0.717, 1.165) is 41.5 Å². The smallest absolute Gasteiger partial charge is 0.271 e. The Morgan fingerprint density at radius 1 is 1.21 bits per heavy atom. The van der Waals surface area contributed by atoms with Gasteiger partial charge in [-0.05, 0) is 30.0 Å². The molecule has 10 nitrogen and oxygen atoms in total. The number of ether oxygens (including phenoxy) is 1. The molecule has 2 amide bonds. The van der Waals surface area contributed by atoms with E-state index in [1.807, 2.05) is 13.8 Å². The molecule has 212 valence electrons. The fraction of sp³-hybridized carbons (Fsp3) is 0.522. The molecule has 38 heavy (non-hydrogen) atoms. The number of halogens is 2. The highest BCUT2D eigenvalue weighted by Crippen LogP contribution is 2.22. The summed E-state index contributed by atoms with van der Waals surface area (Å²) >= 11 is 1.99. The Balaban J connectivity index is 2.35. The Morgan fingerprint density at radius 2 is 1.87 bits per heavy atom. The van der Waals surface area contributed by atoms with E-state index in [-0.39, 0.29) is 28.7 Å². The van der Waals surface area contributed by atoms with Crippen LogP contribution in [0, 0.1) is 17.6 Å². The molecule has 0 unspecified atom stereocenters. The van der Waals surface area contributed by atoms with Crippen molar-refractivity contribution in [2.45, 2.75) is 37.7 Å². The standard InChI is InChI=1S/C23H32F2N4O6S3/c1-13(2)11-26-22(32)20(36-6-5-35-3)19(30)17(9-14-7-15(24)10-16(25)8-14)27-21(31)18-12-37-23(28-18)29-38(4,33)34/h7-8,10,12-13,17,19-20,30H,5-6,9,11H2,1-4H3,(H,26,32)(H,27,31)(H,28,29)/t17-,19+,20+/m0/s1. The summed E-state index contributed by atoms with van der Waals surface area (Å²) < 4.78 is 57.9. The molecule has 0 radical (unpaired) electrons. The van der Waals surface area contributed by atoms with Crippen molar-refractivity contribution in [2.75, 3.05) is 37.0 Å². The lowest BCUT2D eigenvalue weighted by molar-refractivity contribution is -0.122. The normalized spacial score (nSPS) is 14.1. The van der Waals surface area contributed by atoms with Crippen molar-refractivity contribution in [2.24, 2.45) is 5.92 Å². The molecule has 0 spiro atoms. The number of aliphatic hydroxyl groups is 1. The van der Waals surface area contributed by atoms with E-state index < -0.39 is 50.9 Å². The Labute approximate surface area is 229 Å². The van der Waals surface area contributed by atoms with Crippen LogP contribution in [-0.2, 0) is 26.0 Å². The van der Waals surface area contributed by atoms with E-state index in [1.165, 1.54) is 12.5 Å². The predicted molar refractivity (Wildman–Crippen MR) is 144 cm³/mol. The van der Waals surface area contributed by atoms with Gasteiger partial charge in [0.2, 0.25) is 15.9 Å². The molecule has 4 N–H and O–H groups in total. The third-order valence-electron chi connectivity index (χ3n) is 4.95. The topological polar surface area (TPSA) is 147 Å². The number of rotatable bonds is 15. The van der Waals surface area contributed by atoms with Crippen LogP contribution in [-0.4, -0.2) is 80.0 Å². The monoisotopic (exact) mass is 594 g/mol. The van der Waals surface area contributed by atoms with E-state index in [0.29, 0.717) is 25.0 Å². The minimum absolute atomic E-state index is 0.0389. The lowest BCUT2D eigenvalue weighted by Gasteiger charge is -2.30. The molecule has 1 heterocycles. The van der Waals surface area contributed by atoms with Gasteiger partial charge in [-0.15, -0.1) is 23.1 Å². The first-order valence-electron chi connectivity index (χ1n) is 11.5. The van der Waals surface area contributed by atoms with Gasteiger partial charge in [-0.1, -0.05) is 13.8 Å². The number of aliphatic hydroxyl groups excluding tert-OH is 1. The number of carbonyl (C=O) groups is 2. The minimum atomic E-state index is -3.62. The Bertz CT molecular complexity index is 1180. The number of sulfonamides is 1. The van der Waals surface area contributed by atoms with Crippen LogP contribution >= 0.6 is 23.1 Å². The quantitative estimate of drug-likeness (QED) is 0.229. The van der Waals surface area contributed by atoms with E-state index in [1.54, 1.807) is 0 Å². The zero-order chi connectivity index (χ0) is 28.5. The van der Waals surface area contributed by atoms with Crippen molar-refractivity contribution >= 4 is 50.1 Å². The zero-order valence-corrected chi connectivity index (χ0v) is 23.8. The number of benzene rings is 1. The number of nitrogens with one attached hydrogen (secondary N) is 3. The number of thioether (sulfide) groups is 1. The molecular formula is C23H32F2N4O6S3. The largest absolute Gasteiger partial charge is 0.389 e. The third kappa shape index (κ3) is 10.8. The fourth-order valence-electron chi connectivity index (χ4n) is 3.27. The van der Waals surface area contributed by atoms with Gasteiger partial charge in [0.1, 0.15) is 22.6 Å². The summed E-state index contributed by atoms with van der Waals surface area (Å²) in [6.07, 6.45) is -0.755. The summed E-state index contributed by atoms with van der Waals surface area (Å²) in [4.78, 5) is 29.9. The second-order valence-corrected chi connectivity index (χ2v) is 12.7. The Kier molecular flexibility index (Phi) is 12.4. The molecule has 0 bridgehead atoms. The number of aromatic nitrogens is 1. The maximum Gasteiger partial charge on any atom is 0.271 e. The SMILES string of the molecule is COCCS[C@@H](C(=O)NCC(C)C)[C@H](O)[C@H](Cc1cc(F)cc(F)c1)NC(=O)c1csc(NS(C)(=O)=O)n1. The molecule has 0 aliphatic heterocycles. The van der Waals surface area contributed by atoms with Crippen LogP contribution in [0.15, 0.2) is 23.6 Å². The van der Waals surface area contributed by atoms with E-state index >= 15 is 0 Å². The Hall–Kier alpha value is -2.33. The first-order valence-corrected chi connectivity index (χ1v) is 15.4.